The van der Waals surface area contributed by atoms with Gasteiger partial charge in [0.2, 0.25) is 5.75 Å². The van der Waals surface area contributed by atoms with Gasteiger partial charge in [0.25, 0.3) is 5.69 Å². The molecule has 0 aromatic heterocycles. The standard InChI is InChI=1S/C12H13N3O8/c1-3-22-11(16)7(2)13-12(17)23-10-5-4-8(14(18)19)6-9(10)15(20)21/h4-7H,3H2,1-2H3,(H,13,17)/t7-/m0/s1. The minimum absolute atomic E-state index is 0.119. The van der Waals surface area contributed by atoms with Crippen LogP contribution in [0.25, 0.3) is 0 Å². The van der Waals surface area contributed by atoms with Crippen LogP contribution < -0.4 is 10.1 Å². The lowest BCUT2D eigenvalue weighted by Crippen LogP contribution is -2.41. The van der Waals surface area contributed by atoms with E-state index in [0.29, 0.717) is 6.07 Å². The Morgan fingerprint density at radius 2 is 1.91 bits per heavy atom. The summed E-state index contributed by atoms with van der Waals surface area (Å²) in [5, 5.41) is 23.6. The van der Waals surface area contributed by atoms with Crippen molar-refractivity contribution in [1.82, 2.24) is 5.32 Å². The molecule has 0 saturated carbocycles. The zero-order valence-corrected chi connectivity index (χ0v) is 12.2. The molecule has 23 heavy (non-hydrogen) atoms. The highest BCUT2D eigenvalue weighted by molar-refractivity contribution is 5.82. The minimum Gasteiger partial charge on any atom is -0.464 e. The van der Waals surface area contributed by atoms with Gasteiger partial charge in [-0.3, -0.25) is 20.2 Å². The van der Waals surface area contributed by atoms with Gasteiger partial charge in [0.1, 0.15) is 6.04 Å². The summed E-state index contributed by atoms with van der Waals surface area (Å²) in [7, 11) is 0. The van der Waals surface area contributed by atoms with E-state index < -0.39 is 45.1 Å². The van der Waals surface area contributed by atoms with Crippen LogP contribution in [0.15, 0.2) is 18.2 Å². The van der Waals surface area contributed by atoms with Crippen LogP contribution in [-0.4, -0.2) is 34.6 Å². The molecule has 1 rings (SSSR count). The quantitative estimate of drug-likeness (QED) is 0.469. The largest absolute Gasteiger partial charge is 0.464 e. The molecule has 1 atom stereocenters. The summed E-state index contributed by atoms with van der Waals surface area (Å²) in [6.07, 6.45) is -1.14. The molecule has 11 nitrogen and oxygen atoms in total. The summed E-state index contributed by atoms with van der Waals surface area (Å²) in [6, 6.07) is 1.51. The number of carbonyl (C=O) groups is 2. The van der Waals surface area contributed by atoms with Crippen molar-refractivity contribution in [2.75, 3.05) is 6.61 Å². The maximum Gasteiger partial charge on any atom is 0.413 e. The molecule has 0 saturated heterocycles. The summed E-state index contributed by atoms with van der Waals surface area (Å²) < 4.78 is 9.38. The van der Waals surface area contributed by atoms with E-state index in [1.165, 1.54) is 6.92 Å². The molecular formula is C12H13N3O8. The predicted octanol–water partition coefficient (Wildman–Crippen LogP) is 1.54. The second-order valence-corrected chi connectivity index (χ2v) is 4.17. The zero-order chi connectivity index (χ0) is 17.6. The first-order chi connectivity index (χ1) is 10.8. The topological polar surface area (TPSA) is 151 Å². The van der Waals surface area contributed by atoms with Crippen molar-refractivity contribution in [3.05, 3.63) is 38.4 Å². The second kappa shape index (κ2) is 7.68. The number of nitro benzene ring substituents is 2. The maximum atomic E-state index is 11.6. The Morgan fingerprint density at radius 1 is 1.26 bits per heavy atom. The summed E-state index contributed by atoms with van der Waals surface area (Å²) in [5.41, 5.74) is -1.28. The molecule has 0 aliphatic carbocycles. The fourth-order valence-electron chi connectivity index (χ4n) is 1.48. The number of carbonyl (C=O) groups excluding carboxylic acids is 2. The summed E-state index contributed by atoms with van der Waals surface area (Å²) in [5.74, 6) is -1.20. The van der Waals surface area contributed by atoms with Crippen LogP contribution in [0.5, 0.6) is 5.75 Å². The van der Waals surface area contributed by atoms with E-state index in [4.69, 9.17) is 4.74 Å². The molecule has 0 radical (unpaired) electrons. The molecule has 0 bridgehead atoms. The number of hydrogen-bond acceptors (Lipinski definition) is 8. The van der Waals surface area contributed by atoms with E-state index in [9.17, 15) is 29.8 Å². The van der Waals surface area contributed by atoms with Crippen LogP contribution in [0.3, 0.4) is 0 Å². The number of hydrogen-bond donors (Lipinski definition) is 1. The van der Waals surface area contributed by atoms with Gasteiger partial charge in [-0.1, -0.05) is 0 Å². The monoisotopic (exact) mass is 327 g/mol. The van der Waals surface area contributed by atoms with Crippen LogP contribution in [-0.2, 0) is 9.53 Å². The molecule has 11 heteroatoms. The maximum absolute atomic E-state index is 11.6. The molecule has 0 aliphatic heterocycles. The number of amides is 1. The van der Waals surface area contributed by atoms with E-state index in [1.54, 1.807) is 6.92 Å². The molecule has 1 N–H and O–H groups in total. The third kappa shape index (κ3) is 4.91. The highest BCUT2D eigenvalue weighted by Crippen LogP contribution is 2.30. The summed E-state index contributed by atoms with van der Waals surface area (Å²) in [4.78, 5) is 42.7. The Bertz CT molecular complexity index is 645. The number of benzene rings is 1. The van der Waals surface area contributed by atoms with Crippen molar-refractivity contribution >= 4 is 23.4 Å². The van der Waals surface area contributed by atoms with Crippen LogP contribution in [0.2, 0.25) is 0 Å². The van der Waals surface area contributed by atoms with Crippen molar-refractivity contribution < 1.29 is 28.9 Å². The lowest BCUT2D eigenvalue weighted by molar-refractivity contribution is -0.394. The van der Waals surface area contributed by atoms with Crippen molar-refractivity contribution in [2.45, 2.75) is 19.9 Å². The van der Waals surface area contributed by atoms with E-state index in [-0.39, 0.29) is 6.61 Å². The van der Waals surface area contributed by atoms with Crippen LogP contribution in [0.1, 0.15) is 13.8 Å². The Morgan fingerprint density at radius 3 is 2.43 bits per heavy atom. The first-order valence-corrected chi connectivity index (χ1v) is 6.34. The van der Waals surface area contributed by atoms with E-state index in [2.05, 4.69) is 10.1 Å². The van der Waals surface area contributed by atoms with Crippen molar-refractivity contribution in [3.8, 4) is 5.75 Å². The summed E-state index contributed by atoms with van der Waals surface area (Å²) >= 11 is 0. The third-order valence-corrected chi connectivity index (χ3v) is 2.53. The van der Waals surface area contributed by atoms with E-state index >= 15 is 0 Å². The predicted molar refractivity (Wildman–Crippen MR) is 75.0 cm³/mol. The number of non-ortho nitro benzene ring substituents is 1. The highest BCUT2D eigenvalue weighted by Gasteiger charge is 2.24. The minimum atomic E-state index is -1.14. The smallest absolute Gasteiger partial charge is 0.413 e. The second-order valence-electron chi connectivity index (χ2n) is 4.17. The summed E-state index contributed by atoms with van der Waals surface area (Å²) in [6.45, 7) is 3.04. The van der Waals surface area contributed by atoms with Gasteiger partial charge in [0, 0.05) is 6.07 Å². The fraction of sp³-hybridized carbons (Fsp3) is 0.333. The van der Waals surface area contributed by atoms with Gasteiger partial charge in [-0.25, -0.2) is 9.59 Å². The molecular weight excluding hydrogens is 314 g/mol. The van der Waals surface area contributed by atoms with Crippen LogP contribution >= 0.6 is 0 Å². The molecule has 1 aromatic rings. The van der Waals surface area contributed by atoms with Gasteiger partial charge in [0.05, 0.1) is 22.5 Å². The number of nitrogens with one attached hydrogen (secondary N) is 1. The molecule has 0 aliphatic rings. The van der Waals surface area contributed by atoms with Crippen molar-refractivity contribution in [3.63, 3.8) is 0 Å². The lowest BCUT2D eigenvalue weighted by Gasteiger charge is -2.12. The van der Waals surface area contributed by atoms with Gasteiger partial charge in [-0.15, -0.1) is 0 Å². The van der Waals surface area contributed by atoms with Gasteiger partial charge >= 0.3 is 17.7 Å². The Kier molecular flexibility index (Phi) is 5.95. The number of nitrogens with zero attached hydrogens (tertiary/aromatic N) is 2. The van der Waals surface area contributed by atoms with Gasteiger partial charge in [-0.05, 0) is 19.9 Å². The first kappa shape index (κ1) is 17.8. The SMILES string of the molecule is CCOC(=O)[C@H](C)NC(=O)Oc1ccc([N+](=O)[O-])cc1[N+](=O)[O-]. The fourth-order valence-corrected chi connectivity index (χ4v) is 1.48. The molecule has 0 spiro atoms. The number of ether oxygens (including phenoxy) is 2. The molecule has 1 amide bonds. The number of nitro groups is 2. The average molecular weight is 327 g/mol. The zero-order valence-electron chi connectivity index (χ0n) is 12.2. The first-order valence-electron chi connectivity index (χ1n) is 6.34. The van der Waals surface area contributed by atoms with E-state index in [1.807, 2.05) is 0 Å². The van der Waals surface area contributed by atoms with E-state index in [0.717, 1.165) is 12.1 Å². The number of esters is 1. The van der Waals surface area contributed by atoms with Gasteiger partial charge in [0.15, 0.2) is 0 Å². The number of rotatable bonds is 6. The average Bonchev–Trinajstić information content (AvgIpc) is 2.47. The third-order valence-electron chi connectivity index (χ3n) is 2.53. The molecule has 0 unspecified atom stereocenters. The molecule has 0 heterocycles. The lowest BCUT2D eigenvalue weighted by atomic mass is 10.2. The molecule has 0 fully saturated rings. The van der Waals surface area contributed by atoms with Crippen LogP contribution in [0, 0.1) is 20.2 Å². The van der Waals surface area contributed by atoms with Gasteiger partial charge < -0.3 is 14.8 Å². The molecule has 1 aromatic carbocycles. The van der Waals surface area contributed by atoms with Crippen LogP contribution in [0.4, 0.5) is 16.2 Å². The Hall–Kier alpha value is -3.24. The Balaban J connectivity index is 2.87. The Labute approximate surface area is 129 Å². The normalized spacial score (nSPS) is 11.2. The highest BCUT2D eigenvalue weighted by atomic mass is 16.6. The van der Waals surface area contributed by atoms with Crippen molar-refractivity contribution in [2.24, 2.45) is 0 Å². The van der Waals surface area contributed by atoms with Gasteiger partial charge in [-0.2, -0.15) is 0 Å². The van der Waals surface area contributed by atoms with Crippen molar-refractivity contribution in [1.29, 1.82) is 0 Å². The molecule has 124 valence electrons.